The Labute approximate surface area is 155 Å². The summed E-state index contributed by atoms with van der Waals surface area (Å²) in [5.41, 5.74) is 0.283. The van der Waals surface area contributed by atoms with Crippen molar-refractivity contribution in [3.8, 4) is 0 Å². The van der Waals surface area contributed by atoms with E-state index in [4.69, 9.17) is 0 Å². The van der Waals surface area contributed by atoms with Crippen molar-refractivity contribution in [1.82, 2.24) is 15.1 Å². The van der Waals surface area contributed by atoms with Gasteiger partial charge in [-0.1, -0.05) is 0 Å². The van der Waals surface area contributed by atoms with E-state index in [9.17, 15) is 8.42 Å². The molecule has 0 aromatic carbocycles. The number of sulfone groups is 1. The SMILES string of the molecule is CC(C)(C)NC(C)(C)CCC(C)(C)N1CCN2CCS(=O)(=O)CC2C1. The maximum Gasteiger partial charge on any atom is 0.153 e. The maximum absolute atomic E-state index is 12.0. The average molecular weight is 374 g/mol. The van der Waals surface area contributed by atoms with Crippen LogP contribution in [0.4, 0.5) is 0 Å². The summed E-state index contributed by atoms with van der Waals surface area (Å²) in [7, 11) is -2.86. The van der Waals surface area contributed by atoms with Crippen LogP contribution in [0, 0.1) is 0 Å². The fourth-order valence-electron chi connectivity index (χ4n) is 4.38. The van der Waals surface area contributed by atoms with Gasteiger partial charge in [0, 0.05) is 48.8 Å². The molecule has 1 unspecified atom stereocenters. The van der Waals surface area contributed by atoms with E-state index in [1.54, 1.807) is 0 Å². The third kappa shape index (κ3) is 6.19. The van der Waals surface area contributed by atoms with E-state index in [1.165, 1.54) is 0 Å². The molecule has 2 fully saturated rings. The zero-order valence-corrected chi connectivity index (χ0v) is 18.2. The molecule has 2 rings (SSSR count). The van der Waals surface area contributed by atoms with Crippen LogP contribution in [0.1, 0.15) is 61.3 Å². The minimum absolute atomic E-state index is 0.0874. The molecular formula is C19H39N3O2S. The normalized spacial score (nSPS) is 26.4. The highest BCUT2D eigenvalue weighted by Gasteiger charge is 2.39. The highest BCUT2D eigenvalue weighted by molar-refractivity contribution is 7.91. The van der Waals surface area contributed by atoms with Crippen molar-refractivity contribution in [1.29, 1.82) is 0 Å². The third-order valence-electron chi connectivity index (χ3n) is 5.67. The lowest BCUT2D eigenvalue weighted by Gasteiger charge is -2.50. The molecule has 5 nitrogen and oxygen atoms in total. The van der Waals surface area contributed by atoms with Gasteiger partial charge in [0.2, 0.25) is 0 Å². The minimum Gasteiger partial charge on any atom is -0.307 e. The fourth-order valence-corrected chi connectivity index (χ4v) is 5.96. The molecule has 0 aliphatic carbocycles. The molecule has 25 heavy (non-hydrogen) atoms. The summed E-state index contributed by atoms with van der Waals surface area (Å²) in [6.07, 6.45) is 2.20. The minimum atomic E-state index is -2.86. The number of rotatable bonds is 5. The second-order valence-corrected chi connectivity index (χ2v) is 12.6. The van der Waals surface area contributed by atoms with Gasteiger partial charge in [-0.3, -0.25) is 9.80 Å². The van der Waals surface area contributed by atoms with E-state index in [1.807, 2.05) is 0 Å². The highest BCUT2D eigenvalue weighted by atomic mass is 32.2. The Morgan fingerprint density at radius 2 is 1.60 bits per heavy atom. The van der Waals surface area contributed by atoms with Crippen LogP contribution in [-0.4, -0.2) is 78.6 Å². The topological polar surface area (TPSA) is 52.6 Å². The molecule has 2 aliphatic rings. The van der Waals surface area contributed by atoms with Crippen LogP contribution in [0.2, 0.25) is 0 Å². The Morgan fingerprint density at radius 1 is 0.960 bits per heavy atom. The summed E-state index contributed by atoms with van der Waals surface area (Å²) in [4.78, 5) is 4.89. The van der Waals surface area contributed by atoms with E-state index in [2.05, 4.69) is 63.6 Å². The van der Waals surface area contributed by atoms with Crippen LogP contribution in [0.15, 0.2) is 0 Å². The molecule has 0 aromatic rings. The van der Waals surface area contributed by atoms with E-state index < -0.39 is 9.84 Å². The van der Waals surface area contributed by atoms with Gasteiger partial charge >= 0.3 is 0 Å². The fraction of sp³-hybridized carbons (Fsp3) is 1.00. The van der Waals surface area contributed by atoms with Gasteiger partial charge in [0.1, 0.15) is 0 Å². The number of hydrogen-bond donors (Lipinski definition) is 1. The first-order valence-corrected chi connectivity index (χ1v) is 11.5. The number of nitrogens with one attached hydrogen (secondary N) is 1. The van der Waals surface area contributed by atoms with Gasteiger partial charge in [-0.15, -0.1) is 0 Å². The standard InChI is InChI=1S/C19H39N3O2S/c1-17(2,3)20-18(4,5)8-9-19(6,7)22-11-10-21-12-13-25(23,24)15-16(21)14-22/h16,20H,8-15H2,1-7H3. The van der Waals surface area contributed by atoms with Gasteiger partial charge in [-0.2, -0.15) is 0 Å². The summed E-state index contributed by atoms with van der Waals surface area (Å²) in [5.74, 6) is 0.663. The van der Waals surface area contributed by atoms with Crippen molar-refractivity contribution in [3.63, 3.8) is 0 Å². The Bertz CT molecular complexity index is 564. The first-order valence-electron chi connectivity index (χ1n) is 9.68. The van der Waals surface area contributed by atoms with Gasteiger partial charge in [-0.25, -0.2) is 8.42 Å². The van der Waals surface area contributed by atoms with E-state index in [0.29, 0.717) is 18.1 Å². The van der Waals surface area contributed by atoms with Crippen molar-refractivity contribution in [2.75, 3.05) is 37.7 Å². The quantitative estimate of drug-likeness (QED) is 0.800. The second kappa shape index (κ2) is 7.10. The van der Waals surface area contributed by atoms with Gasteiger partial charge in [0.25, 0.3) is 0 Å². The molecule has 148 valence electrons. The summed E-state index contributed by atoms with van der Waals surface area (Å²) in [6.45, 7) is 19.4. The lowest BCUT2D eigenvalue weighted by Crippen LogP contribution is -2.63. The third-order valence-corrected chi connectivity index (χ3v) is 7.37. The van der Waals surface area contributed by atoms with Crippen LogP contribution in [0.25, 0.3) is 0 Å². The predicted molar refractivity (Wildman–Crippen MR) is 106 cm³/mol. The average Bonchev–Trinajstić information content (AvgIpc) is 2.41. The van der Waals surface area contributed by atoms with Crippen LogP contribution in [-0.2, 0) is 9.84 Å². The summed E-state index contributed by atoms with van der Waals surface area (Å²) in [5, 5.41) is 3.72. The second-order valence-electron chi connectivity index (χ2n) is 10.3. The maximum atomic E-state index is 12.0. The van der Waals surface area contributed by atoms with Gasteiger partial charge in [0.15, 0.2) is 9.84 Å². The van der Waals surface area contributed by atoms with Gasteiger partial charge < -0.3 is 5.32 Å². The van der Waals surface area contributed by atoms with Crippen molar-refractivity contribution in [2.24, 2.45) is 0 Å². The van der Waals surface area contributed by atoms with Crippen molar-refractivity contribution in [2.45, 2.75) is 84.0 Å². The molecule has 6 heteroatoms. The molecule has 0 bridgehead atoms. The number of fused-ring (bicyclic) bond motifs is 1. The Balaban J connectivity index is 1.95. The Hall–Kier alpha value is -0.170. The first-order chi connectivity index (χ1) is 11.2. The molecule has 0 aromatic heterocycles. The van der Waals surface area contributed by atoms with Crippen LogP contribution in [0.3, 0.4) is 0 Å². The molecule has 1 atom stereocenters. The zero-order chi connectivity index (χ0) is 19.1. The molecule has 2 aliphatic heterocycles. The number of hydrogen-bond acceptors (Lipinski definition) is 5. The Morgan fingerprint density at radius 3 is 2.20 bits per heavy atom. The lowest BCUT2D eigenvalue weighted by atomic mass is 9.86. The van der Waals surface area contributed by atoms with E-state index in [-0.39, 0.29) is 22.7 Å². The highest BCUT2D eigenvalue weighted by Crippen LogP contribution is 2.29. The smallest absolute Gasteiger partial charge is 0.153 e. The molecule has 2 heterocycles. The summed E-state index contributed by atoms with van der Waals surface area (Å²) in [6, 6.07) is 0.174. The van der Waals surface area contributed by atoms with Gasteiger partial charge in [-0.05, 0) is 61.3 Å². The molecule has 0 saturated carbocycles. The lowest BCUT2D eigenvalue weighted by molar-refractivity contribution is 0.0137. The summed E-state index contributed by atoms with van der Waals surface area (Å²) < 4.78 is 24.0. The molecule has 1 N–H and O–H groups in total. The van der Waals surface area contributed by atoms with Crippen molar-refractivity contribution in [3.05, 3.63) is 0 Å². The largest absolute Gasteiger partial charge is 0.307 e. The summed E-state index contributed by atoms with van der Waals surface area (Å²) >= 11 is 0. The molecule has 0 amide bonds. The van der Waals surface area contributed by atoms with Crippen molar-refractivity contribution < 1.29 is 8.42 Å². The van der Waals surface area contributed by atoms with E-state index >= 15 is 0 Å². The number of nitrogens with zero attached hydrogens (tertiary/aromatic N) is 2. The molecule has 0 radical (unpaired) electrons. The van der Waals surface area contributed by atoms with Crippen LogP contribution in [0.5, 0.6) is 0 Å². The monoisotopic (exact) mass is 373 g/mol. The molecular weight excluding hydrogens is 334 g/mol. The Kier molecular flexibility index (Phi) is 6.00. The zero-order valence-electron chi connectivity index (χ0n) is 17.4. The van der Waals surface area contributed by atoms with Crippen LogP contribution < -0.4 is 5.32 Å². The first kappa shape index (κ1) is 21.1. The predicted octanol–water partition coefficient (Wildman–Crippen LogP) is 2.13. The molecule has 2 saturated heterocycles. The van der Waals surface area contributed by atoms with Gasteiger partial charge in [0.05, 0.1) is 11.5 Å². The number of piperazine rings is 1. The molecule has 0 spiro atoms. The van der Waals surface area contributed by atoms with Crippen molar-refractivity contribution >= 4 is 9.84 Å². The van der Waals surface area contributed by atoms with Crippen LogP contribution >= 0.6 is 0 Å². The van der Waals surface area contributed by atoms with E-state index in [0.717, 1.165) is 32.5 Å².